The van der Waals surface area contributed by atoms with Crippen LogP contribution in [0.15, 0.2) is 95.7 Å². The average molecular weight is 866 g/mol. The number of alkyl halides is 3. The Morgan fingerprint density at radius 3 is 2.50 bits per heavy atom. The molecule has 1 fully saturated rings. The summed E-state index contributed by atoms with van der Waals surface area (Å²) in [4.78, 5) is 35.9. The van der Waals surface area contributed by atoms with Gasteiger partial charge >= 0.3 is 6.18 Å². The van der Waals surface area contributed by atoms with E-state index < -0.39 is 50.6 Å². The maximum absolute atomic E-state index is 13.8. The van der Waals surface area contributed by atoms with Crippen molar-refractivity contribution in [1.29, 1.82) is 0 Å². The summed E-state index contributed by atoms with van der Waals surface area (Å²) < 4.78 is 73.1. The molecule has 60 heavy (non-hydrogen) atoms. The molecular weight excluding hydrogens is 823 g/mol. The number of aromatic amines is 1. The second-order valence-electron chi connectivity index (χ2n) is 15.7. The number of rotatable bonds is 13. The summed E-state index contributed by atoms with van der Waals surface area (Å²) in [6.45, 7) is 7.68. The Labute approximate surface area is 349 Å². The first kappa shape index (κ1) is 42.5. The highest BCUT2D eigenvalue weighted by atomic mass is 35.5. The van der Waals surface area contributed by atoms with Crippen molar-refractivity contribution in [3.63, 3.8) is 0 Å². The summed E-state index contributed by atoms with van der Waals surface area (Å²) >= 11 is 6.21. The first-order valence-electron chi connectivity index (χ1n) is 19.3. The molecule has 0 radical (unpaired) electrons. The average Bonchev–Trinajstić information content (AvgIpc) is 3.66. The quantitative estimate of drug-likeness (QED) is 0.0769. The number of carbonyl (C=O) groups is 1. The minimum absolute atomic E-state index is 0.0390. The number of amides is 1. The molecule has 0 saturated carbocycles. The van der Waals surface area contributed by atoms with Crippen molar-refractivity contribution in [1.82, 2.24) is 19.6 Å². The number of piperazine rings is 1. The van der Waals surface area contributed by atoms with Crippen LogP contribution in [0.5, 0.6) is 11.5 Å². The Morgan fingerprint density at radius 1 is 1.03 bits per heavy atom. The van der Waals surface area contributed by atoms with E-state index in [1.54, 1.807) is 30.5 Å². The van der Waals surface area contributed by atoms with E-state index in [4.69, 9.17) is 16.3 Å². The second-order valence-corrected chi connectivity index (χ2v) is 17.8. The molecule has 2 aliphatic rings. The van der Waals surface area contributed by atoms with E-state index in [1.807, 2.05) is 16.9 Å². The summed E-state index contributed by atoms with van der Waals surface area (Å²) in [7, 11) is -4.72. The molecule has 1 aliphatic heterocycles. The fraction of sp³-hybridized carbons (Fsp3) is 0.333. The summed E-state index contributed by atoms with van der Waals surface area (Å²) in [6.07, 6.45) is 0.506. The number of nitrogens with one attached hydrogen (secondary N) is 3. The maximum atomic E-state index is 13.8. The third-order valence-electron chi connectivity index (χ3n) is 10.8. The first-order chi connectivity index (χ1) is 28.4. The Bertz CT molecular complexity index is 2550. The largest absolute Gasteiger partial charge is 0.455 e. The standard InChI is InChI=1S/C42H43ClF3N7O6S/c1-41(2)13-11-29(35(24-41)27-3-5-30(43)6-4-27)26-51-17-19-52(20-18-51)31-7-9-34(38(22-31)59-32-21-28-12-15-48-39(28)49-25-32)40(54)50-60(57,58)33-8-10-36(37(23-33)53(55)56)47-16-14-42(44,45)46/h3-10,12,15,21-23,25,47H,11,13-14,16-20,24,26H2,1-2H3,(H,48,49)(H,50,54). The van der Waals surface area contributed by atoms with Gasteiger partial charge in [0.05, 0.1) is 28.0 Å². The molecule has 1 aliphatic carbocycles. The summed E-state index contributed by atoms with van der Waals surface area (Å²) in [5.41, 5.74) is 4.32. The molecule has 0 unspecified atom stereocenters. The number of pyridine rings is 1. The molecule has 7 rings (SSSR count). The molecule has 1 amide bonds. The third-order valence-corrected chi connectivity index (χ3v) is 12.4. The van der Waals surface area contributed by atoms with E-state index in [9.17, 15) is 36.5 Å². The summed E-state index contributed by atoms with van der Waals surface area (Å²) in [5, 5.41) is 15.5. The molecule has 13 nitrogen and oxygen atoms in total. The molecule has 316 valence electrons. The highest BCUT2D eigenvalue weighted by Crippen LogP contribution is 2.43. The predicted octanol–water partition coefficient (Wildman–Crippen LogP) is 9.19. The van der Waals surface area contributed by atoms with Crippen LogP contribution in [0.25, 0.3) is 16.6 Å². The van der Waals surface area contributed by atoms with Gasteiger partial charge < -0.3 is 19.9 Å². The van der Waals surface area contributed by atoms with Crippen molar-refractivity contribution < 1.29 is 36.0 Å². The summed E-state index contributed by atoms with van der Waals surface area (Å²) in [6, 6.07) is 19.0. The summed E-state index contributed by atoms with van der Waals surface area (Å²) in [5.74, 6) is -0.754. The van der Waals surface area contributed by atoms with Gasteiger partial charge in [-0.05, 0) is 84.3 Å². The third kappa shape index (κ3) is 10.2. The van der Waals surface area contributed by atoms with Crippen LogP contribution in [0.1, 0.15) is 55.5 Å². The van der Waals surface area contributed by atoms with Gasteiger partial charge in [0.15, 0.2) is 0 Å². The number of nitro groups is 1. The highest BCUT2D eigenvalue weighted by molar-refractivity contribution is 7.90. The lowest BCUT2D eigenvalue weighted by molar-refractivity contribution is -0.384. The molecule has 0 atom stereocenters. The minimum atomic E-state index is -4.72. The molecule has 1 saturated heterocycles. The zero-order chi connectivity index (χ0) is 42.8. The van der Waals surface area contributed by atoms with Gasteiger partial charge in [-0.2, -0.15) is 13.2 Å². The normalized spacial score (nSPS) is 16.2. The van der Waals surface area contributed by atoms with E-state index in [0.29, 0.717) is 29.8 Å². The van der Waals surface area contributed by atoms with Crippen LogP contribution in [0, 0.1) is 15.5 Å². The number of ether oxygens (including phenoxy) is 1. The fourth-order valence-electron chi connectivity index (χ4n) is 7.53. The first-order valence-corrected chi connectivity index (χ1v) is 21.1. The van der Waals surface area contributed by atoms with Gasteiger partial charge in [-0.15, -0.1) is 0 Å². The van der Waals surface area contributed by atoms with Gasteiger partial charge in [-0.25, -0.2) is 18.1 Å². The zero-order valence-electron chi connectivity index (χ0n) is 32.8. The number of hydrogen-bond acceptors (Lipinski definition) is 10. The van der Waals surface area contributed by atoms with Gasteiger partial charge in [0.1, 0.15) is 22.8 Å². The number of nitro benzene ring substituents is 1. The minimum Gasteiger partial charge on any atom is -0.455 e. The maximum Gasteiger partial charge on any atom is 0.390 e. The number of benzene rings is 3. The van der Waals surface area contributed by atoms with E-state index in [-0.39, 0.29) is 28.2 Å². The van der Waals surface area contributed by atoms with Gasteiger partial charge in [0, 0.05) is 73.7 Å². The van der Waals surface area contributed by atoms with Gasteiger partial charge in [0.25, 0.3) is 21.6 Å². The van der Waals surface area contributed by atoms with Crippen molar-refractivity contribution >= 4 is 61.2 Å². The van der Waals surface area contributed by atoms with Crippen LogP contribution < -0.4 is 19.7 Å². The number of aromatic nitrogens is 2. The Balaban J connectivity index is 1.10. The van der Waals surface area contributed by atoms with Crippen LogP contribution in [0.3, 0.4) is 0 Å². The van der Waals surface area contributed by atoms with Crippen molar-refractivity contribution in [2.24, 2.45) is 5.41 Å². The van der Waals surface area contributed by atoms with Crippen molar-refractivity contribution in [3.05, 3.63) is 117 Å². The fourth-order valence-corrected chi connectivity index (χ4v) is 8.65. The molecule has 3 N–H and O–H groups in total. The Morgan fingerprint density at radius 2 is 1.78 bits per heavy atom. The van der Waals surface area contributed by atoms with Crippen molar-refractivity contribution in [2.75, 3.05) is 49.5 Å². The van der Waals surface area contributed by atoms with Gasteiger partial charge in [-0.3, -0.25) is 19.8 Å². The number of carbonyl (C=O) groups excluding carboxylic acids is 1. The predicted molar refractivity (Wildman–Crippen MR) is 224 cm³/mol. The monoisotopic (exact) mass is 865 g/mol. The second kappa shape index (κ2) is 17.1. The highest BCUT2D eigenvalue weighted by Gasteiger charge is 2.31. The number of nitrogens with zero attached hydrogens (tertiary/aromatic N) is 4. The van der Waals surface area contributed by atoms with Crippen molar-refractivity contribution in [3.8, 4) is 11.5 Å². The number of fused-ring (bicyclic) bond motifs is 1. The lowest BCUT2D eigenvalue weighted by Crippen LogP contribution is -2.47. The number of allylic oxidation sites excluding steroid dienone is 1. The smallest absolute Gasteiger partial charge is 0.390 e. The van der Waals surface area contributed by atoms with Gasteiger partial charge in [0.2, 0.25) is 0 Å². The lowest BCUT2D eigenvalue weighted by atomic mass is 9.72. The van der Waals surface area contributed by atoms with Crippen LogP contribution in [0.2, 0.25) is 5.02 Å². The lowest BCUT2D eigenvalue weighted by Gasteiger charge is -2.39. The van der Waals surface area contributed by atoms with E-state index in [2.05, 4.69) is 51.1 Å². The topological polar surface area (TPSA) is 163 Å². The molecule has 0 bridgehead atoms. The molecule has 18 heteroatoms. The Hall–Kier alpha value is -5.65. The van der Waals surface area contributed by atoms with Crippen molar-refractivity contribution in [2.45, 2.75) is 50.6 Å². The molecule has 5 aromatic rings. The van der Waals surface area contributed by atoms with E-state index in [1.165, 1.54) is 29.0 Å². The number of anilines is 2. The van der Waals surface area contributed by atoms with Crippen LogP contribution in [-0.4, -0.2) is 79.6 Å². The SMILES string of the molecule is CC1(C)CCC(CN2CCN(c3ccc(C(=O)NS(=O)(=O)c4ccc(NCCC(F)(F)F)c([N+](=O)[O-])c4)c(Oc4cnc5[nH]ccc5c4)c3)CC2)=C(c2ccc(Cl)cc2)C1. The van der Waals surface area contributed by atoms with E-state index >= 15 is 0 Å². The van der Waals surface area contributed by atoms with Crippen LogP contribution in [0.4, 0.5) is 30.2 Å². The number of H-pyrrole nitrogens is 1. The van der Waals surface area contributed by atoms with Gasteiger partial charge in [-0.1, -0.05) is 43.2 Å². The zero-order valence-corrected chi connectivity index (χ0v) is 34.4. The number of halogens is 4. The molecule has 2 aromatic heterocycles. The molecule has 0 spiro atoms. The number of sulfonamides is 1. The Kier molecular flexibility index (Phi) is 12.1. The molecule has 3 aromatic carbocycles. The van der Waals surface area contributed by atoms with Crippen LogP contribution in [-0.2, 0) is 10.0 Å². The molecule has 3 heterocycles. The van der Waals surface area contributed by atoms with E-state index in [0.717, 1.165) is 62.1 Å². The number of hydrogen-bond donors (Lipinski definition) is 3. The van der Waals surface area contributed by atoms with Crippen LogP contribution >= 0.6 is 11.6 Å². The molecular formula is C42H43ClF3N7O6S.